The van der Waals surface area contributed by atoms with Crippen molar-refractivity contribution >= 4 is 6.16 Å². The third kappa shape index (κ3) is 5.44. The van der Waals surface area contributed by atoms with E-state index in [1.54, 1.807) is 0 Å². The van der Waals surface area contributed by atoms with Crippen molar-refractivity contribution in [1.82, 2.24) is 0 Å². The number of carboxylic acid groups (broad SMARTS) is 1. The standard InChI is InChI=1S/C19H30O6/c1-5-9-11-23-16-14(8-4)13(7-3)15(20)17(25-19(21)22)18(16)24-12-10-6-2/h20H,5-12H2,1-4H3,(H,21,22). The van der Waals surface area contributed by atoms with Crippen molar-refractivity contribution in [2.24, 2.45) is 0 Å². The minimum atomic E-state index is -1.50. The van der Waals surface area contributed by atoms with Gasteiger partial charge in [-0.25, -0.2) is 4.79 Å². The maximum absolute atomic E-state index is 11.1. The second kappa shape index (κ2) is 10.7. The topological polar surface area (TPSA) is 85.2 Å². The van der Waals surface area contributed by atoms with E-state index < -0.39 is 6.16 Å². The smallest absolute Gasteiger partial charge is 0.504 e. The number of phenols is 1. The summed E-state index contributed by atoms with van der Waals surface area (Å²) in [6.45, 7) is 8.85. The summed E-state index contributed by atoms with van der Waals surface area (Å²) in [6, 6.07) is 0. The van der Waals surface area contributed by atoms with Crippen LogP contribution < -0.4 is 14.2 Å². The van der Waals surface area contributed by atoms with Crippen LogP contribution >= 0.6 is 0 Å². The molecule has 0 saturated carbocycles. The molecule has 0 heterocycles. The van der Waals surface area contributed by atoms with E-state index >= 15 is 0 Å². The maximum atomic E-state index is 11.1. The van der Waals surface area contributed by atoms with Gasteiger partial charge in [0.1, 0.15) is 0 Å². The first-order valence-corrected chi connectivity index (χ1v) is 9.08. The van der Waals surface area contributed by atoms with E-state index in [1.165, 1.54) is 0 Å². The molecule has 0 amide bonds. The summed E-state index contributed by atoms with van der Waals surface area (Å²) in [5, 5.41) is 19.6. The Labute approximate surface area is 149 Å². The molecule has 0 saturated heterocycles. The Morgan fingerprint density at radius 1 is 0.840 bits per heavy atom. The number of carbonyl (C=O) groups is 1. The first-order valence-electron chi connectivity index (χ1n) is 9.08. The van der Waals surface area contributed by atoms with Gasteiger partial charge < -0.3 is 24.4 Å². The lowest BCUT2D eigenvalue weighted by molar-refractivity contribution is 0.139. The summed E-state index contributed by atoms with van der Waals surface area (Å²) >= 11 is 0. The molecule has 0 spiro atoms. The summed E-state index contributed by atoms with van der Waals surface area (Å²) < 4.78 is 16.6. The Kier molecular flexibility index (Phi) is 8.95. The molecule has 0 radical (unpaired) electrons. The molecule has 1 aromatic carbocycles. The largest absolute Gasteiger partial charge is 0.511 e. The fourth-order valence-corrected chi connectivity index (χ4v) is 2.62. The van der Waals surface area contributed by atoms with Crippen LogP contribution in [0.4, 0.5) is 4.79 Å². The van der Waals surface area contributed by atoms with E-state index in [0.29, 0.717) is 37.4 Å². The Morgan fingerprint density at radius 2 is 1.36 bits per heavy atom. The second-order valence-corrected chi connectivity index (χ2v) is 5.77. The molecule has 1 rings (SSSR count). The highest BCUT2D eigenvalue weighted by molar-refractivity contribution is 5.72. The molecule has 0 unspecified atom stereocenters. The number of hydrogen-bond acceptors (Lipinski definition) is 5. The highest BCUT2D eigenvalue weighted by Crippen LogP contribution is 2.50. The van der Waals surface area contributed by atoms with Crippen molar-refractivity contribution in [3.05, 3.63) is 11.1 Å². The van der Waals surface area contributed by atoms with Gasteiger partial charge in [-0.1, -0.05) is 40.5 Å². The van der Waals surface area contributed by atoms with Gasteiger partial charge in [0, 0.05) is 11.1 Å². The van der Waals surface area contributed by atoms with Crippen LogP contribution in [0.15, 0.2) is 0 Å². The van der Waals surface area contributed by atoms with Crippen LogP contribution in [0.25, 0.3) is 0 Å². The van der Waals surface area contributed by atoms with Crippen LogP contribution in [0.2, 0.25) is 0 Å². The lowest BCUT2D eigenvalue weighted by atomic mass is 9.99. The van der Waals surface area contributed by atoms with Gasteiger partial charge in [-0.15, -0.1) is 0 Å². The molecule has 0 atom stereocenters. The van der Waals surface area contributed by atoms with Gasteiger partial charge in [0.2, 0.25) is 11.5 Å². The van der Waals surface area contributed by atoms with Crippen LogP contribution in [0.5, 0.6) is 23.0 Å². The second-order valence-electron chi connectivity index (χ2n) is 5.77. The minimum absolute atomic E-state index is 0.177. The molecule has 25 heavy (non-hydrogen) atoms. The fourth-order valence-electron chi connectivity index (χ4n) is 2.62. The summed E-state index contributed by atoms with van der Waals surface area (Å²) in [7, 11) is 0. The summed E-state index contributed by atoms with van der Waals surface area (Å²) in [6.07, 6.45) is 3.25. The van der Waals surface area contributed by atoms with Gasteiger partial charge in [0.25, 0.3) is 0 Å². The number of hydrogen-bond donors (Lipinski definition) is 2. The van der Waals surface area contributed by atoms with E-state index in [2.05, 4.69) is 6.92 Å². The van der Waals surface area contributed by atoms with E-state index in [1.807, 2.05) is 20.8 Å². The van der Waals surface area contributed by atoms with Crippen molar-refractivity contribution in [2.75, 3.05) is 13.2 Å². The van der Waals surface area contributed by atoms with Gasteiger partial charge in [-0.2, -0.15) is 0 Å². The number of unbranched alkanes of at least 4 members (excludes halogenated alkanes) is 2. The lowest BCUT2D eigenvalue weighted by Crippen LogP contribution is -2.11. The van der Waals surface area contributed by atoms with E-state index in [4.69, 9.17) is 19.3 Å². The normalized spacial score (nSPS) is 10.6. The molecule has 6 nitrogen and oxygen atoms in total. The van der Waals surface area contributed by atoms with Crippen LogP contribution in [0.3, 0.4) is 0 Å². The minimum Gasteiger partial charge on any atom is -0.504 e. The molecule has 0 aliphatic carbocycles. The van der Waals surface area contributed by atoms with Crippen molar-refractivity contribution in [1.29, 1.82) is 0 Å². The molecular weight excluding hydrogens is 324 g/mol. The molecule has 6 heteroatoms. The van der Waals surface area contributed by atoms with Crippen molar-refractivity contribution in [3.63, 3.8) is 0 Å². The highest BCUT2D eigenvalue weighted by Gasteiger charge is 2.27. The molecule has 0 bridgehead atoms. The predicted octanol–water partition coefficient (Wildman–Crippen LogP) is 4.93. The van der Waals surface area contributed by atoms with Gasteiger partial charge in [-0.3, -0.25) is 0 Å². The molecule has 0 fully saturated rings. The first kappa shape index (κ1) is 20.9. The lowest BCUT2D eigenvalue weighted by Gasteiger charge is -2.22. The predicted molar refractivity (Wildman–Crippen MR) is 96.3 cm³/mol. The van der Waals surface area contributed by atoms with Gasteiger partial charge >= 0.3 is 6.16 Å². The van der Waals surface area contributed by atoms with Crippen LogP contribution in [-0.2, 0) is 12.8 Å². The van der Waals surface area contributed by atoms with Crippen LogP contribution in [0, 0.1) is 0 Å². The van der Waals surface area contributed by atoms with Crippen LogP contribution in [-0.4, -0.2) is 29.6 Å². The van der Waals surface area contributed by atoms with Gasteiger partial charge in [0.05, 0.1) is 13.2 Å². The quantitative estimate of drug-likeness (QED) is 0.333. The number of aromatic hydroxyl groups is 1. The Balaban J connectivity index is 3.49. The SMILES string of the molecule is CCCCOc1c(CC)c(CC)c(O)c(OC(=O)O)c1OCCCC. The molecule has 0 aliphatic heterocycles. The van der Waals surface area contributed by atoms with Gasteiger partial charge in [-0.05, 0) is 25.7 Å². The maximum Gasteiger partial charge on any atom is 0.511 e. The molecule has 0 aliphatic rings. The fraction of sp³-hybridized carbons (Fsp3) is 0.632. The molecular formula is C19H30O6. The molecule has 0 aromatic heterocycles. The highest BCUT2D eigenvalue weighted by atomic mass is 16.7. The number of benzene rings is 1. The third-order valence-corrected chi connectivity index (χ3v) is 3.94. The van der Waals surface area contributed by atoms with Crippen LogP contribution in [0.1, 0.15) is 64.5 Å². The first-order chi connectivity index (χ1) is 12.0. The zero-order valence-corrected chi connectivity index (χ0v) is 15.7. The van der Waals surface area contributed by atoms with E-state index in [-0.39, 0.29) is 17.2 Å². The van der Waals surface area contributed by atoms with E-state index in [9.17, 15) is 9.90 Å². The number of ether oxygens (including phenoxy) is 3. The van der Waals surface area contributed by atoms with Crippen molar-refractivity contribution in [2.45, 2.75) is 66.2 Å². The average molecular weight is 354 g/mol. The zero-order valence-electron chi connectivity index (χ0n) is 15.7. The summed E-state index contributed by atoms with van der Waals surface area (Å²) in [4.78, 5) is 11.1. The van der Waals surface area contributed by atoms with Crippen molar-refractivity contribution in [3.8, 4) is 23.0 Å². The number of rotatable bonds is 11. The summed E-state index contributed by atoms with van der Waals surface area (Å²) in [5.74, 6) is 0.302. The Hall–Kier alpha value is -2.11. The average Bonchev–Trinajstić information content (AvgIpc) is 2.58. The Morgan fingerprint density at radius 3 is 1.80 bits per heavy atom. The molecule has 2 N–H and O–H groups in total. The van der Waals surface area contributed by atoms with Gasteiger partial charge in [0.15, 0.2) is 11.5 Å². The summed E-state index contributed by atoms with van der Waals surface area (Å²) in [5.41, 5.74) is 1.47. The monoisotopic (exact) mass is 354 g/mol. The molecule has 142 valence electrons. The van der Waals surface area contributed by atoms with Crippen molar-refractivity contribution < 1.29 is 29.2 Å². The zero-order chi connectivity index (χ0) is 18.8. The molecule has 1 aromatic rings. The Bertz CT molecular complexity index is 568. The van der Waals surface area contributed by atoms with E-state index in [0.717, 1.165) is 31.2 Å². The third-order valence-electron chi connectivity index (χ3n) is 3.94. The number of phenolic OH excluding ortho intramolecular Hbond substituents is 1.